The van der Waals surface area contributed by atoms with E-state index in [0.717, 1.165) is 29.6 Å². The number of hydrogen-bond acceptors (Lipinski definition) is 4. The number of nitriles is 1. The maximum absolute atomic E-state index is 13.4. The maximum Gasteiger partial charge on any atom is 0.203 e. The van der Waals surface area contributed by atoms with Crippen LogP contribution in [0.4, 0.5) is 8.78 Å². The van der Waals surface area contributed by atoms with Crippen LogP contribution in [-0.2, 0) is 0 Å². The summed E-state index contributed by atoms with van der Waals surface area (Å²) >= 11 is 0. The second kappa shape index (κ2) is 7.00. The van der Waals surface area contributed by atoms with E-state index in [1.807, 2.05) is 24.5 Å². The molecule has 0 amide bonds. The van der Waals surface area contributed by atoms with Crippen molar-refractivity contribution < 1.29 is 18.1 Å². The molecule has 1 aromatic carbocycles. The van der Waals surface area contributed by atoms with Gasteiger partial charge in [0.1, 0.15) is 17.4 Å². The Bertz CT molecular complexity index is 1120. The number of nitrogens with zero attached hydrogens (tertiary/aromatic N) is 3. The Morgan fingerprint density at radius 2 is 1.93 bits per heavy atom. The molecule has 7 heteroatoms. The van der Waals surface area contributed by atoms with Crippen molar-refractivity contribution in [3.8, 4) is 11.9 Å². The highest BCUT2D eigenvalue weighted by atomic mass is 19.2. The summed E-state index contributed by atoms with van der Waals surface area (Å²) in [6, 6.07) is 8.19. The van der Waals surface area contributed by atoms with Gasteiger partial charge in [0.15, 0.2) is 17.5 Å². The SMILES string of the molecule is Cc1cc(-n2c(C)cc(/C=C(\C#N)C(=O)c3ccc(F)c(F)c3)c2C)no1. The fourth-order valence-electron chi connectivity index (χ4n) is 2.84. The second-order valence-electron chi connectivity index (χ2n) is 6.09. The zero-order valence-electron chi connectivity index (χ0n) is 14.9. The molecule has 0 aliphatic heterocycles. The lowest BCUT2D eigenvalue weighted by Crippen LogP contribution is -2.03. The van der Waals surface area contributed by atoms with E-state index < -0.39 is 17.4 Å². The quantitative estimate of drug-likeness (QED) is 0.388. The van der Waals surface area contributed by atoms with Gasteiger partial charge in [-0.25, -0.2) is 8.78 Å². The number of rotatable bonds is 4. The highest BCUT2D eigenvalue weighted by molar-refractivity contribution is 6.14. The van der Waals surface area contributed by atoms with Gasteiger partial charge in [-0.05, 0) is 56.7 Å². The van der Waals surface area contributed by atoms with Gasteiger partial charge >= 0.3 is 0 Å². The third-order valence-corrected chi connectivity index (χ3v) is 4.16. The number of carbonyl (C=O) groups excluding carboxylic acids is 1. The number of aryl methyl sites for hydroxylation is 2. The molecule has 0 atom stereocenters. The van der Waals surface area contributed by atoms with Crippen molar-refractivity contribution in [3.05, 3.63) is 75.8 Å². The predicted molar refractivity (Wildman–Crippen MR) is 94.3 cm³/mol. The van der Waals surface area contributed by atoms with Crippen molar-refractivity contribution >= 4 is 11.9 Å². The lowest BCUT2D eigenvalue weighted by molar-refractivity contribution is 0.103. The standard InChI is InChI=1S/C20H15F2N3O2/c1-11-6-15(13(3)25(11)19-7-12(2)27-24-19)8-16(10-23)20(26)14-4-5-17(21)18(22)9-14/h4-9H,1-3H3/b16-8+. The third-order valence-electron chi connectivity index (χ3n) is 4.16. The van der Waals surface area contributed by atoms with Gasteiger partial charge < -0.3 is 4.52 Å². The predicted octanol–water partition coefficient (Wildman–Crippen LogP) is 4.46. The van der Waals surface area contributed by atoms with Gasteiger partial charge in [0.05, 0.1) is 0 Å². The van der Waals surface area contributed by atoms with Crippen LogP contribution in [0.2, 0.25) is 0 Å². The maximum atomic E-state index is 13.4. The monoisotopic (exact) mass is 367 g/mol. The van der Waals surface area contributed by atoms with Gasteiger partial charge in [0, 0.05) is 23.0 Å². The van der Waals surface area contributed by atoms with Gasteiger partial charge in [0.2, 0.25) is 5.78 Å². The molecular formula is C20H15F2N3O2. The molecule has 3 aromatic rings. The van der Waals surface area contributed by atoms with E-state index in [1.165, 1.54) is 6.08 Å². The molecular weight excluding hydrogens is 352 g/mol. The van der Waals surface area contributed by atoms with E-state index in [2.05, 4.69) is 5.16 Å². The second-order valence-corrected chi connectivity index (χ2v) is 6.09. The Morgan fingerprint density at radius 1 is 1.19 bits per heavy atom. The van der Waals surface area contributed by atoms with E-state index in [0.29, 0.717) is 17.1 Å². The summed E-state index contributed by atoms with van der Waals surface area (Å²) in [5.41, 5.74) is 1.96. The van der Waals surface area contributed by atoms with Gasteiger partial charge in [-0.2, -0.15) is 5.26 Å². The number of Topliss-reactive ketones (excluding diaryl/α,β-unsaturated/α-hetero) is 1. The van der Waals surface area contributed by atoms with Crippen LogP contribution in [-0.4, -0.2) is 15.5 Å². The molecule has 0 unspecified atom stereocenters. The van der Waals surface area contributed by atoms with Crippen molar-refractivity contribution in [2.45, 2.75) is 20.8 Å². The van der Waals surface area contributed by atoms with Crippen LogP contribution in [0.5, 0.6) is 0 Å². The minimum Gasteiger partial charge on any atom is -0.360 e. The van der Waals surface area contributed by atoms with Crippen LogP contribution in [0.1, 0.15) is 33.1 Å². The molecule has 5 nitrogen and oxygen atoms in total. The summed E-state index contributed by atoms with van der Waals surface area (Å²) in [5, 5.41) is 13.4. The Morgan fingerprint density at radius 3 is 2.52 bits per heavy atom. The highest BCUT2D eigenvalue weighted by Gasteiger charge is 2.17. The highest BCUT2D eigenvalue weighted by Crippen LogP contribution is 2.23. The van der Waals surface area contributed by atoms with Crippen molar-refractivity contribution in [2.75, 3.05) is 0 Å². The van der Waals surface area contributed by atoms with Crippen LogP contribution in [0.25, 0.3) is 11.9 Å². The molecule has 0 aliphatic carbocycles. The first-order valence-corrected chi connectivity index (χ1v) is 8.06. The first kappa shape index (κ1) is 18.3. The van der Waals surface area contributed by atoms with Crippen molar-refractivity contribution in [1.82, 2.24) is 9.72 Å². The number of allylic oxidation sites excluding steroid dienone is 1. The average molecular weight is 367 g/mol. The summed E-state index contributed by atoms with van der Waals surface area (Å²) in [6.45, 7) is 5.46. The minimum atomic E-state index is -1.14. The molecule has 0 radical (unpaired) electrons. The lowest BCUT2D eigenvalue weighted by Gasteiger charge is -2.04. The fraction of sp³-hybridized carbons (Fsp3) is 0.150. The fourth-order valence-corrected chi connectivity index (χ4v) is 2.84. The zero-order chi connectivity index (χ0) is 19.7. The number of benzene rings is 1. The average Bonchev–Trinajstić information content (AvgIpc) is 3.17. The van der Waals surface area contributed by atoms with Crippen LogP contribution < -0.4 is 0 Å². The number of carbonyl (C=O) groups is 1. The summed E-state index contributed by atoms with van der Waals surface area (Å²) < 4.78 is 33.4. The summed E-state index contributed by atoms with van der Waals surface area (Å²) in [5.74, 6) is -1.63. The van der Waals surface area contributed by atoms with Crippen LogP contribution in [0.3, 0.4) is 0 Å². The van der Waals surface area contributed by atoms with Gasteiger partial charge in [0.25, 0.3) is 0 Å². The Balaban J connectivity index is 2.03. The molecule has 2 heterocycles. The molecule has 0 spiro atoms. The molecule has 0 N–H and O–H groups in total. The van der Waals surface area contributed by atoms with Crippen molar-refractivity contribution in [2.24, 2.45) is 0 Å². The topological polar surface area (TPSA) is 71.8 Å². The van der Waals surface area contributed by atoms with E-state index >= 15 is 0 Å². The first-order valence-electron chi connectivity index (χ1n) is 8.06. The lowest BCUT2D eigenvalue weighted by atomic mass is 10.0. The largest absolute Gasteiger partial charge is 0.360 e. The molecule has 0 saturated carbocycles. The molecule has 0 fully saturated rings. The molecule has 0 bridgehead atoms. The van der Waals surface area contributed by atoms with Crippen LogP contribution in [0, 0.1) is 43.7 Å². The van der Waals surface area contributed by atoms with E-state index in [1.54, 1.807) is 19.1 Å². The third kappa shape index (κ3) is 3.42. The van der Waals surface area contributed by atoms with Crippen LogP contribution in [0.15, 0.2) is 40.4 Å². The van der Waals surface area contributed by atoms with Crippen molar-refractivity contribution in [3.63, 3.8) is 0 Å². The number of hydrogen-bond donors (Lipinski definition) is 0. The van der Waals surface area contributed by atoms with E-state index in [4.69, 9.17) is 4.52 Å². The Labute approximate surface area is 154 Å². The first-order chi connectivity index (χ1) is 12.8. The minimum absolute atomic E-state index is 0.0948. The molecule has 0 aliphatic rings. The molecule has 2 aromatic heterocycles. The van der Waals surface area contributed by atoms with E-state index in [-0.39, 0.29) is 11.1 Å². The smallest absolute Gasteiger partial charge is 0.203 e. The normalized spacial score (nSPS) is 11.5. The number of ketones is 1. The number of halogens is 2. The summed E-state index contributed by atoms with van der Waals surface area (Å²) in [7, 11) is 0. The van der Waals surface area contributed by atoms with E-state index in [9.17, 15) is 18.8 Å². The summed E-state index contributed by atoms with van der Waals surface area (Å²) in [4.78, 5) is 12.5. The van der Waals surface area contributed by atoms with Gasteiger partial charge in [-0.3, -0.25) is 9.36 Å². The van der Waals surface area contributed by atoms with Crippen LogP contribution >= 0.6 is 0 Å². The van der Waals surface area contributed by atoms with Gasteiger partial charge in [-0.15, -0.1) is 0 Å². The summed E-state index contributed by atoms with van der Waals surface area (Å²) in [6.07, 6.45) is 1.43. The zero-order valence-corrected chi connectivity index (χ0v) is 14.9. The molecule has 0 saturated heterocycles. The van der Waals surface area contributed by atoms with Gasteiger partial charge in [-0.1, -0.05) is 5.16 Å². The molecule has 3 rings (SSSR count). The Kier molecular flexibility index (Phi) is 4.74. The number of aromatic nitrogens is 2. The molecule has 27 heavy (non-hydrogen) atoms. The molecule has 136 valence electrons. The van der Waals surface area contributed by atoms with Crippen molar-refractivity contribution in [1.29, 1.82) is 5.26 Å². The Hall–Kier alpha value is -3.53.